The van der Waals surface area contributed by atoms with Crippen molar-refractivity contribution in [2.24, 2.45) is 0 Å². The van der Waals surface area contributed by atoms with Crippen LogP contribution in [0.25, 0.3) is 0 Å². The third-order valence-corrected chi connectivity index (χ3v) is 2.92. The Hall–Kier alpha value is -1.06. The van der Waals surface area contributed by atoms with Crippen LogP contribution in [0.5, 0.6) is 0 Å². The van der Waals surface area contributed by atoms with Crippen molar-refractivity contribution < 1.29 is 4.79 Å². The van der Waals surface area contributed by atoms with Crippen molar-refractivity contribution in [3.63, 3.8) is 0 Å². The van der Waals surface area contributed by atoms with Crippen molar-refractivity contribution in [3.05, 3.63) is 34.9 Å². The van der Waals surface area contributed by atoms with Crippen LogP contribution in [0, 0.1) is 0 Å². The van der Waals surface area contributed by atoms with E-state index in [1.807, 2.05) is 24.3 Å². The van der Waals surface area contributed by atoms with Gasteiger partial charge in [-0.1, -0.05) is 29.8 Å². The summed E-state index contributed by atoms with van der Waals surface area (Å²) in [6, 6.07) is 7.52. The molecule has 15 heavy (non-hydrogen) atoms. The molecule has 1 atom stereocenters. The summed E-state index contributed by atoms with van der Waals surface area (Å²) < 4.78 is 0. The van der Waals surface area contributed by atoms with E-state index in [-0.39, 0.29) is 11.9 Å². The van der Waals surface area contributed by atoms with E-state index in [0.29, 0.717) is 11.6 Å². The third kappa shape index (κ3) is 2.49. The van der Waals surface area contributed by atoms with Crippen LogP contribution in [0.2, 0.25) is 5.02 Å². The maximum absolute atomic E-state index is 11.5. The van der Waals surface area contributed by atoms with Gasteiger partial charge in [-0.2, -0.15) is 0 Å². The van der Waals surface area contributed by atoms with Gasteiger partial charge in [-0.05, 0) is 24.6 Å². The summed E-state index contributed by atoms with van der Waals surface area (Å²) in [5.74, 6) is 0.0566. The second kappa shape index (κ2) is 4.64. The van der Waals surface area contributed by atoms with E-state index < -0.39 is 0 Å². The monoisotopic (exact) mass is 224 g/mol. The first kappa shape index (κ1) is 10.5. The number of benzene rings is 1. The molecule has 0 saturated carbocycles. The molecular formula is C11H13ClN2O. The van der Waals surface area contributed by atoms with E-state index >= 15 is 0 Å². The van der Waals surface area contributed by atoms with Crippen molar-refractivity contribution in [1.82, 2.24) is 10.6 Å². The summed E-state index contributed by atoms with van der Waals surface area (Å²) in [5, 5.41) is 6.60. The van der Waals surface area contributed by atoms with Gasteiger partial charge in [0.15, 0.2) is 0 Å². The van der Waals surface area contributed by atoms with Crippen LogP contribution in [0.1, 0.15) is 12.0 Å². The molecule has 3 nitrogen and oxygen atoms in total. The van der Waals surface area contributed by atoms with Crippen molar-refractivity contribution in [2.45, 2.75) is 19.0 Å². The molecule has 2 N–H and O–H groups in total. The van der Waals surface area contributed by atoms with E-state index in [2.05, 4.69) is 10.6 Å². The predicted octanol–water partition coefficient (Wildman–Crippen LogP) is 1.32. The molecule has 4 heteroatoms. The van der Waals surface area contributed by atoms with Crippen molar-refractivity contribution in [2.75, 3.05) is 6.54 Å². The minimum atomic E-state index is -0.00696. The molecule has 0 aromatic heterocycles. The molecule has 1 aliphatic heterocycles. The maximum atomic E-state index is 11.5. The summed E-state index contributed by atoms with van der Waals surface area (Å²) in [6.07, 6.45) is 0.925. The SMILES string of the molecule is O=C(NCc1ccccc1Cl)[C@H]1CCN1. The zero-order valence-corrected chi connectivity index (χ0v) is 9.05. The number of carbonyl (C=O) groups excluding carboxylic acids is 1. The van der Waals surface area contributed by atoms with Gasteiger partial charge in [0.2, 0.25) is 5.91 Å². The smallest absolute Gasteiger partial charge is 0.237 e. The highest BCUT2D eigenvalue weighted by molar-refractivity contribution is 6.31. The van der Waals surface area contributed by atoms with Crippen LogP contribution in [0.4, 0.5) is 0 Å². The number of nitrogens with one attached hydrogen (secondary N) is 2. The highest BCUT2D eigenvalue weighted by atomic mass is 35.5. The molecule has 1 amide bonds. The molecule has 2 rings (SSSR count). The van der Waals surface area contributed by atoms with Gasteiger partial charge in [0.05, 0.1) is 6.04 Å². The number of hydrogen-bond donors (Lipinski definition) is 2. The summed E-state index contributed by atoms with van der Waals surface area (Å²) in [5.41, 5.74) is 0.951. The van der Waals surface area contributed by atoms with Crippen LogP contribution >= 0.6 is 11.6 Å². The number of halogens is 1. The average Bonchev–Trinajstić information content (AvgIpc) is 2.14. The topological polar surface area (TPSA) is 41.1 Å². The van der Waals surface area contributed by atoms with Gasteiger partial charge in [0.25, 0.3) is 0 Å². The summed E-state index contributed by atoms with van der Waals surface area (Å²) in [6.45, 7) is 1.43. The van der Waals surface area contributed by atoms with E-state index in [9.17, 15) is 4.79 Å². The maximum Gasteiger partial charge on any atom is 0.237 e. The van der Waals surface area contributed by atoms with Gasteiger partial charge < -0.3 is 10.6 Å². The average molecular weight is 225 g/mol. The Kier molecular flexibility index (Phi) is 3.23. The Bertz CT molecular complexity index is 363. The van der Waals surface area contributed by atoms with Crippen molar-refractivity contribution >= 4 is 17.5 Å². The van der Waals surface area contributed by atoms with Crippen molar-refractivity contribution in [3.8, 4) is 0 Å². The van der Waals surface area contributed by atoms with Crippen LogP contribution in [-0.4, -0.2) is 18.5 Å². The molecular weight excluding hydrogens is 212 g/mol. The first-order valence-corrected chi connectivity index (χ1v) is 5.39. The lowest BCUT2D eigenvalue weighted by Gasteiger charge is -2.26. The minimum absolute atomic E-state index is 0.00696. The molecule has 0 unspecified atom stereocenters. The van der Waals surface area contributed by atoms with Gasteiger partial charge in [-0.25, -0.2) is 0 Å². The number of carbonyl (C=O) groups is 1. The lowest BCUT2D eigenvalue weighted by Crippen LogP contribution is -2.52. The first-order valence-electron chi connectivity index (χ1n) is 5.02. The van der Waals surface area contributed by atoms with E-state index in [4.69, 9.17) is 11.6 Å². The number of rotatable bonds is 3. The number of hydrogen-bond acceptors (Lipinski definition) is 2. The number of amides is 1. The highest BCUT2D eigenvalue weighted by Crippen LogP contribution is 2.14. The Morgan fingerprint density at radius 2 is 2.27 bits per heavy atom. The first-order chi connectivity index (χ1) is 7.27. The molecule has 1 aromatic carbocycles. The fourth-order valence-electron chi connectivity index (χ4n) is 1.46. The van der Waals surface area contributed by atoms with E-state index in [1.165, 1.54) is 0 Å². The molecule has 1 heterocycles. The summed E-state index contributed by atoms with van der Waals surface area (Å²) in [4.78, 5) is 11.5. The Morgan fingerprint density at radius 1 is 1.53 bits per heavy atom. The van der Waals surface area contributed by atoms with Crippen LogP contribution in [0.15, 0.2) is 24.3 Å². The van der Waals surface area contributed by atoms with Gasteiger partial charge in [0.1, 0.15) is 0 Å². The third-order valence-electron chi connectivity index (χ3n) is 2.55. The summed E-state index contributed by atoms with van der Waals surface area (Å²) >= 11 is 5.97. The zero-order chi connectivity index (χ0) is 10.7. The Labute approximate surface area is 93.8 Å². The lowest BCUT2D eigenvalue weighted by atomic mass is 10.1. The molecule has 1 saturated heterocycles. The highest BCUT2D eigenvalue weighted by Gasteiger charge is 2.23. The second-order valence-electron chi connectivity index (χ2n) is 3.60. The fourth-order valence-corrected chi connectivity index (χ4v) is 1.66. The van der Waals surface area contributed by atoms with E-state index in [0.717, 1.165) is 18.5 Å². The zero-order valence-electron chi connectivity index (χ0n) is 8.29. The van der Waals surface area contributed by atoms with E-state index in [1.54, 1.807) is 0 Å². The van der Waals surface area contributed by atoms with Crippen LogP contribution in [-0.2, 0) is 11.3 Å². The Morgan fingerprint density at radius 3 is 2.87 bits per heavy atom. The normalized spacial score (nSPS) is 19.4. The predicted molar refractivity (Wildman–Crippen MR) is 59.7 cm³/mol. The van der Waals surface area contributed by atoms with Crippen molar-refractivity contribution in [1.29, 1.82) is 0 Å². The molecule has 1 aliphatic rings. The summed E-state index contributed by atoms with van der Waals surface area (Å²) in [7, 11) is 0. The van der Waals surface area contributed by atoms with Gasteiger partial charge in [-0.15, -0.1) is 0 Å². The molecule has 1 aromatic rings. The standard InChI is InChI=1S/C11H13ClN2O/c12-9-4-2-1-3-8(9)7-14-11(15)10-5-6-13-10/h1-4,10,13H,5-7H2,(H,14,15)/t10-/m1/s1. The quantitative estimate of drug-likeness (QED) is 0.813. The van der Waals surface area contributed by atoms with Gasteiger partial charge in [0, 0.05) is 11.6 Å². The molecule has 0 bridgehead atoms. The molecule has 0 aliphatic carbocycles. The fraction of sp³-hybridized carbons (Fsp3) is 0.364. The lowest BCUT2D eigenvalue weighted by molar-refractivity contribution is -0.124. The molecule has 80 valence electrons. The second-order valence-corrected chi connectivity index (χ2v) is 4.01. The van der Waals surface area contributed by atoms with Gasteiger partial charge >= 0.3 is 0 Å². The molecule has 1 fully saturated rings. The van der Waals surface area contributed by atoms with Crippen LogP contribution < -0.4 is 10.6 Å². The largest absolute Gasteiger partial charge is 0.351 e. The minimum Gasteiger partial charge on any atom is -0.351 e. The molecule has 0 spiro atoms. The van der Waals surface area contributed by atoms with Gasteiger partial charge in [-0.3, -0.25) is 4.79 Å². The van der Waals surface area contributed by atoms with Crippen LogP contribution in [0.3, 0.4) is 0 Å². The Balaban J connectivity index is 1.87. The molecule has 0 radical (unpaired) electrons.